The first-order valence-corrected chi connectivity index (χ1v) is 6.49. The SMILES string of the molecule is Cc1cc(C(COC(C)C)NN)sc1Br. The van der Waals surface area contributed by atoms with Crippen LogP contribution >= 0.6 is 27.3 Å². The number of nitrogens with one attached hydrogen (secondary N) is 1. The highest BCUT2D eigenvalue weighted by molar-refractivity contribution is 9.11. The molecule has 1 rings (SSSR count). The molecule has 1 aromatic heterocycles. The van der Waals surface area contributed by atoms with E-state index in [0.717, 1.165) is 3.79 Å². The molecule has 0 aliphatic heterocycles. The number of hydrogen-bond acceptors (Lipinski definition) is 4. The lowest BCUT2D eigenvalue weighted by Gasteiger charge is -2.16. The second-order valence-electron chi connectivity index (χ2n) is 3.71. The Hall–Kier alpha value is 0.0600. The summed E-state index contributed by atoms with van der Waals surface area (Å²) in [6, 6.07) is 2.20. The Morgan fingerprint density at radius 2 is 2.27 bits per heavy atom. The monoisotopic (exact) mass is 292 g/mol. The van der Waals surface area contributed by atoms with Gasteiger partial charge in [-0.2, -0.15) is 0 Å². The summed E-state index contributed by atoms with van der Waals surface area (Å²) in [4.78, 5) is 1.20. The lowest BCUT2D eigenvalue weighted by molar-refractivity contribution is 0.0618. The molecule has 1 unspecified atom stereocenters. The van der Waals surface area contributed by atoms with Crippen molar-refractivity contribution in [3.05, 3.63) is 20.3 Å². The molecule has 0 radical (unpaired) electrons. The van der Waals surface area contributed by atoms with Gasteiger partial charge in [0, 0.05) is 4.88 Å². The van der Waals surface area contributed by atoms with Crippen LogP contribution in [0.4, 0.5) is 0 Å². The minimum atomic E-state index is 0.0717. The minimum absolute atomic E-state index is 0.0717. The van der Waals surface area contributed by atoms with Crippen LogP contribution in [0.25, 0.3) is 0 Å². The summed E-state index contributed by atoms with van der Waals surface area (Å²) in [6.45, 7) is 6.70. The molecule has 1 heterocycles. The quantitative estimate of drug-likeness (QED) is 0.648. The van der Waals surface area contributed by atoms with Gasteiger partial charge in [0.1, 0.15) is 0 Å². The molecule has 0 amide bonds. The zero-order chi connectivity index (χ0) is 11.4. The molecule has 0 bridgehead atoms. The maximum atomic E-state index is 5.55. The van der Waals surface area contributed by atoms with Crippen LogP contribution in [0.3, 0.4) is 0 Å². The highest BCUT2D eigenvalue weighted by Crippen LogP contribution is 2.31. The summed E-state index contributed by atoms with van der Waals surface area (Å²) in [5.41, 5.74) is 4.01. The Labute approximate surface area is 103 Å². The highest BCUT2D eigenvalue weighted by atomic mass is 79.9. The summed E-state index contributed by atoms with van der Waals surface area (Å²) in [7, 11) is 0. The molecule has 1 atom stereocenters. The van der Waals surface area contributed by atoms with Crippen molar-refractivity contribution >= 4 is 27.3 Å². The normalized spacial score (nSPS) is 13.5. The van der Waals surface area contributed by atoms with Gasteiger partial charge in [-0.05, 0) is 48.3 Å². The minimum Gasteiger partial charge on any atom is -0.377 e. The summed E-state index contributed by atoms with van der Waals surface area (Å²) in [5, 5.41) is 0. The maximum Gasteiger partial charge on any atom is 0.0787 e. The van der Waals surface area contributed by atoms with Gasteiger partial charge >= 0.3 is 0 Å². The van der Waals surface area contributed by atoms with Gasteiger partial charge < -0.3 is 4.74 Å². The Balaban J connectivity index is 2.65. The van der Waals surface area contributed by atoms with E-state index in [4.69, 9.17) is 10.6 Å². The number of nitrogens with two attached hydrogens (primary N) is 1. The predicted octanol–water partition coefficient (Wildman–Crippen LogP) is 2.75. The number of halogens is 1. The van der Waals surface area contributed by atoms with Gasteiger partial charge in [0.15, 0.2) is 0 Å². The van der Waals surface area contributed by atoms with Crippen LogP contribution in [0.15, 0.2) is 9.85 Å². The van der Waals surface area contributed by atoms with Gasteiger partial charge in [-0.15, -0.1) is 11.3 Å². The number of aryl methyl sites for hydroxylation is 1. The molecule has 0 aromatic carbocycles. The molecule has 3 nitrogen and oxygen atoms in total. The van der Waals surface area contributed by atoms with Crippen LogP contribution in [-0.2, 0) is 4.74 Å². The van der Waals surface area contributed by atoms with Crippen LogP contribution in [0.2, 0.25) is 0 Å². The van der Waals surface area contributed by atoms with Gasteiger partial charge in [-0.25, -0.2) is 5.43 Å². The van der Waals surface area contributed by atoms with E-state index in [1.54, 1.807) is 11.3 Å². The highest BCUT2D eigenvalue weighted by Gasteiger charge is 2.14. The van der Waals surface area contributed by atoms with Crippen LogP contribution in [-0.4, -0.2) is 12.7 Å². The van der Waals surface area contributed by atoms with Crippen molar-refractivity contribution in [2.45, 2.75) is 32.9 Å². The van der Waals surface area contributed by atoms with E-state index in [9.17, 15) is 0 Å². The van der Waals surface area contributed by atoms with Gasteiger partial charge in [0.05, 0.1) is 22.5 Å². The summed E-state index contributed by atoms with van der Waals surface area (Å²) in [5.74, 6) is 5.51. The molecule has 0 saturated carbocycles. The molecule has 5 heteroatoms. The van der Waals surface area contributed by atoms with Crippen LogP contribution in [0.5, 0.6) is 0 Å². The third-order valence-electron chi connectivity index (χ3n) is 2.02. The lowest BCUT2D eigenvalue weighted by atomic mass is 10.2. The standard InChI is InChI=1S/C10H17BrN2OS/c1-6(2)14-5-8(13-12)9-4-7(3)10(11)15-9/h4,6,8,13H,5,12H2,1-3H3. The zero-order valence-electron chi connectivity index (χ0n) is 9.21. The number of rotatable bonds is 5. The van der Waals surface area contributed by atoms with E-state index in [-0.39, 0.29) is 12.1 Å². The average molecular weight is 293 g/mol. The van der Waals surface area contributed by atoms with Crippen molar-refractivity contribution in [1.29, 1.82) is 0 Å². The van der Waals surface area contributed by atoms with Crippen molar-refractivity contribution in [3.63, 3.8) is 0 Å². The number of hydrazine groups is 1. The van der Waals surface area contributed by atoms with E-state index in [2.05, 4.69) is 34.3 Å². The smallest absolute Gasteiger partial charge is 0.0787 e. The fourth-order valence-corrected chi connectivity index (χ4v) is 2.77. The number of ether oxygens (including phenoxy) is 1. The van der Waals surface area contributed by atoms with Gasteiger partial charge in [-0.3, -0.25) is 5.84 Å². The fourth-order valence-electron chi connectivity index (χ4n) is 1.16. The molecule has 1 aromatic rings. The molecular formula is C10H17BrN2OS. The van der Waals surface area contributed by atoms with E-state index in [0.29, 0.717) is 6.61 Å². The molecular weight excluding hydrogens is 276 g/mol. The lowest BCUT2D eigenvalue weighted by Crippen LogP contribution is -2.31. The van der Waals surface area contributed by atoms with E-state index < -0.39 is 0 Å². The third kappa shape index (κ3) is 3.85. The molecule has 86 valence electrons. The summed E-state index contributed by atoms with van der Waals surface area (Å²) in [6.07, 6.45) is 0.227. The van der Waals surface area contributed by atoms with Crippen molar-refractivity contribution < 1.29 is 4.74 Å². The van der Waals surface area contributed by atoms with Gasteiger partial charge in [-0.1, -0.05) is 0 Å². The van der Waals surface area contributed by atoms with E-state index >= 15 is 0 Å². The Kier molecular flexibility index (Phi) is 5.22. The van der Waals surface area contributed by atoms with Crippen LogP contribution in [0, 0.1) is 6.92 Å². The average Bonchev–Trinajstić information content (AvgIpc) is 2.47. The largest absolute Gasteiger partial charge is 0.377 e. The molecule has 0 fully saturated rings. The summed E-state index contributed by atoms with van der Waals surface area (Å²) >= 11 is 5.20. The van der Waals surface area contributed by atoms with Crippen molar-refractivity contribution in [3.8, 4) is 0 Å². The van der Waals surface area contributed by atoms with Crippen molar-refractivity contribution in [2.24, 2.45) is 5.84 Å². The van der Waals surface area contributed by atoms with Crippen molar-refractivity contribution in [2.75, 3.05) is 6.61 Å². The predicted molar refractivity (Wildman–Crippen MR) is 67.9 cm³/mol. The molecule has 3 N–H and O–H groups in total. The Morgan fingerprint density at radius 1 is 1.60 bits per heavy atom. The molecule has 0 saturated heterocycles. The van der Waals surface area contributed by atoms with Crippen molar-refractivity contribution in [1.82, 2.24) is 5.43 Å². The zero-order valence-corrected chi connectivity index (χ0v) is 11.6. The first-order valence-electron chi connectivity index (χ1n) is 4.88. The number of thiophene rings is 1. The molecule has 0 aliphatic carbocycles. The first kappa shape index (κ1) is 13.1. The van der Waals surface area contributed by atoms with Crippen LogP contribution in [0.1, 0.15) is 30.3 Å². The Bertz CT molecular complexity index is 295. The van der Waals surface area contributed by atoms with Crippen LogP contribution < -0.4 is 11.3 Å². The fraction of sp³-hybridized carbons (Fsp3) is 0.600. The van der Waals surface area contributed by atoms with Gasteiger partial charge in [0.25, 0.3) is 0 Å². The molecule has 0 aliphatic rings. The van der Waals surface area contributed by atoms with E-state index in [1.807, 2.05) is 13.8 Å². The molecule has 0 spiro atoms. The topological polar surface area (TPSA) is 47.3 Å². The first-order chi connectivity index (χ1) is 7.04. The molecule has 15 heavy (non-hydrogen) atoms. The Morgan fingerprint density at radius 3 is 2.67 bits per heavy atom. The third-order valence-corrected chi connectivity index (χ3v) is 4.27. The maximum absolute atomic E-state index is 5.55. The summed E-state index contributed by atoms with van der Waals surface area (Å²) < 4.78 is 6.70. The second-order valence-corrected chi connectivity index (χ2v) is 6.11. The van der Waals surface area contributed by atoms with Gasteiger partial charge in [0.2, 0.25) is 0 Å². The number of hydrogen-bond donors (Lipinski definition) is 2. The van der Waals surface area contributed by atoms with E-state index in [1.165, 1.54) is 10.4 Å². The second kappa shape index (κ2) is 5.96.